The van der Waals surface area contributed by atoms with Gasteiger partial charge in [-0.2, -0.15) is 13.2 Å². The Labute approximate surface area is 195 Å². The molecule has 3 amide bonds. The number of piperazine rings is 1. The molecule has 0 radical (unpaired) electrons. The molecule has 9 heteroatoms. The molecule has 2 aliphatic rings. The predicted octanol–water partition coefficient (Wildman–Crippen LogP) is 4.80. The zero-order valence-corrected chi connectivity index (χ0v) is 19.2. The zero-order valence-electron chi connectivity index (χ0n) is 19.2. The van der Waals surface area contributed by atoms with Gasteiger partial charge in [0.15, 0.2) is 0 Å². The summed E-state index contributed by atoms with van der Waals surface area (Å²) in [6.07, 6.45) is -4.01. The van der Waals surface area contributed by atoms with Gasteiger partial charge in [0.05, 0.1) is 17.1 Å². The van der Waals surface area contributed by atoms with Crippen LogP contribution in [0.5, 0.6) is 0 Å². The van der Waals surface area contributed by atoms with Gasteiger partial charge < -0.3 is 15.1 Å². The van der Waals surface area contributed by atoms with Gasteiger partial charge in [0.2, 0.25) is 5.91 Å². The third-order valence-electron chi connectivity index (χ3n) is 7.29. The summed E-state index contributed by atoms with van der Waals surface area (Å²) in [5, 5.41) is 2.65. The first-order chi connectivity index (χ1) is 16.0. The second kappa shape index (κ2) is 8.60. The number of hydrogen-bond acceptors (Lipinski definition) is 2. The van der Waals surface area contributed by atoms with E-state index in [1.807, 2.05) is 25.1 Å². The number of alkyl halides is 3. The SMILES string of the molecule is CNC(=O)N1CCN2C(=O)CCC2C1(c1ccccc1C)[C@@H](C)c1cc(F)cc(C(F)(F)F)c1. The lowest BCUT2D eigenvalue weighted by Gasteiger charge is -2.57. The molecule has 2 heterocycles. The molecule has 0 aromatic heterocycles. The first-order valence-electron chi connectivity index (χ1n) is 11.2. The average Bonchev–Trinajstić information content (AvgIpc) is 3.18. The van der Waals surface area contributed by atoms with Crippen molar-refractivity contribution in [1.29, 1.82) is 0 Å². The van der Waals surface area contributed by atoms with E-state index in [0.29, 0.717) is 19.0 Å². The summed E-state index contributed by atoms with van der Waals surface area (Å²) in [5.74, 6) is -1.82. The zero-order chi connectivity index (χ0) is 24.8. The number of benzene rings is 2. The fourth-order valence-electron chi connectivity index (χ4n) is 5.83. The second-order valence-electron chi connectivity index (χ2n) is 8.98. The summed E-state index contributed by atoms with van der Waals surface area (Å²) in [5.41, 5.74) is -0.612. The Hall–Kier alpha value is -3.10. The number of rotatable bonds is 3. The number of urea groups is 1. The Kier molecular flexibility index (Phi) is 6.08. The van der Waals surface area contributed by atoms with Crippen molar-refractivity contribution in [3.05, 3.63) is 70.5 Å². The van der Waals surface area contributed by atoms with Gasteiger partial charge in [0.1, 0.15) is 5.82 Å². The molecule has 2 aliphatic heterocycles. The van der Waals surface area contributed by atoms with Gasteiger partial charge in [0.25, 0.3) is 0 Å². The van der Waals surface area contributed by atoms with Crippen LogP contribution in [0.15, 0.2) is 42.5 Å². The lowest BCUT2D eigenvalue weighted by atomic mass is 9.66. The van der Waals surface area contributed by atoms with Crippen molar-refractivity contribution in [3.8, 4) is 0 Å². The average molecular weight is 478 g/mol. The first kappa shape index (κ1) is 24.0. The van der Waals surface area contributed by atoms with Crippen LogP contribution in [0.4, 0.5) is 22.4 Å². The molecular formula is C25H27F4N3O2. The Morgan fingerprint density at radius 2 is 1.88 bits per heavy atom. The smallest absolute Gasteiger partial charge is 0.341 e. The predicted molar refractivity (Wildman–Crippen MR) is 119 cm³/mol. The molecule has 2 unspecified atom stereocenters. The summed E-state index contributed by atoms with van der Waals surface area (Å²) in [6.45, 7) is 4.11. The molecule has 182 valence electrons. The molecule has 0 saturated carbocycles. The van der Waals surface area contributed by atoms with Crippen molar-refractivity contribution in [2.24, 2.45) is 0 Å². The van der Waals surface area contributed by atoms with Crippen molar-refractivity contribution in [3.63, 3.8) is 0 Å². The second-order valence-corrected chi connectivity index (χ2v) is 8.98. The van der Waals surface area contributed by atoms with Crippen molar-refractivity contribution in [2.45, 2.75) is 50.4 Å². The van der Waals surface area contributed by atoms with Crippen LogP contribution in [0.1, 0.15) is 47.9 Å². The van der Waals surface area contributed by atoms with E-state index in [2.05, 4.69) is 5.32 Å². The summed E-state index contributed by atoms with van der Waals surface area (Å²) in [6, 6.07) is 9.00. The fourth-order valence-corrected chi connectivity index (χ4v) is 5.83. The first-order valence-corrected chi connectivity index (χ1v) is 11.2. The van der Waals surface area contributed by atoms with Crippen LogP contribution in [0.25, 0.3) is 0 Å². The normalized spacial score (nSPS) is 23.6. The standard InChI is InChI=1S/C25H27F4N3O2/c1-15-6-4-5-7-20(15)24(16(2)17-12-18(25(27,28)29)14-19(26)13-17)21-8-9-22(33)31(21)10-11-32(24)23(34)30-3/h4-7,12-14,16,21H,8-11H2,1-3H3,(H,30,34)/t16-,21?,24?/m0/s1. The van der Waals surface area contributed by atoms with E-state index in [1.54, 1.807) is 22.8 Å². The minimum atomic E-state index is -4.73. The monoisotopic (exact) mass is 477 g/mol. The van der Waals surface area contributed by atoms with Gasteiger partial charge in [-0.15, -0.1) is 0 Å². The van der Waals surface area contributed by atoms with Gasteiger partial charge in [-0.25, -0.2) is 9.18 Å². The highest BCUT2D eigenvalue weighted by Gasteiger charge is 2.59. The molecule has 34 heavy (non-hydrogen) atoms. The molecule has 3 atom stereocenters. The third-order valence-corrected chi connectivity index (χ3v) is 7.29. The van der Waals surface area contributed by atoms with E-state index in [9.17, 15) is 27.2 Å². The fraction of sp³-hybridized carbons (Fsp3) is 0.440. The Bertz CT molecular complexity index is 1120. The molecule has 2 aromatic rings. The van der Waals surface area contributed by atoms with E-state index in [4.69, 9.17) is 0 Å². The van der Waals surface area contributed by atoms with E-state index < -0.39 is 41.1 Å². The number of fused-ring (bicyclic) bond motifs is 1. The van der Waals surface area contributed by atoms with E-state index >= 15 is 0 Å². The molecule has 5 nitrogen and oxygen atoms in total. The molecule has 2 aromatic carbocycles. The van der Waals surface area contributed by atoms with Gasteiger partial charge in [-0.1, -0.05) is 31.2 Å². The largest absolute Gasteiger partial charge is 0.416 e. The quantitative estimate of drug-likeness (QED) is 0.646. The van der Waals surface area contributed by atoms with Crippen LogP contribution in [0.2, 0.25) is 0 Å². The molecule has 2 fully saturated rings. The highest BCUT2D eigenvalue weighted by Crippen LogP contribution is 2.52. The minimum Gasteiger partial charge on any atom is -0.341 e. The Morgan fingerprint density at radius 3 is 2.53 bits per heavy atom. The molecule has 0 aliphatic carbocycles. The van der Waals surface area contributed by atoms with Gasteiger partial charge in [0, 0.05) is 32.5 Å². The van der Waals surface area contributed by atoms with Crippen LogP contribution in [-0.2, 0) is 16.5 Å². The topological polar surface area (TPSA) is 52.7 Å². The molecule has 0 bridgehead atoms. The summed E-state index contributed by atoms with van der Waals surface area (Å²) in [4.78, 5) is 29.3. The van der Waals surface area contributed by atoms with Crippen molar-refractivity contribution >= 4 is 11.9 Å². The number of nitrogens with zero attached hydrogens (tertiary/aromatic N) is 2. The number of nitrogens with one attached hydrogen (secondary N) is 1. The maximum absolute atomic E-state index is 14.5. The van der Waals surface area contributed by atoms with Crippen LogP contribution in [-0.4, -0.2) is 47.9 Å². The summed E-state index contributed by atoms with van der Waals surface area (Å²) >= 11 is 0. The van der Waals surface area contributed by atoms with Crippen LogP contribution < -0.4 is 5.32 Å². The Morgan fingerprint density at radius 1 is 1.18 bits per heavy atom. The minimum absolute atomic E-state index is 0.0538. The number of hydrogen-bond donors (Lipinski definition) is 1. The molecule has 0 spiro atoms. The molecule has 1 N–H and O–H groups in total. The number of carbonyl (C=O) groups excluding carboxylic acids is 2. The highest BCUT2D eigenvalue weighted by atomic mass is 19.4. The van der Waals surface area contributed by atoms with Crippen LogP contribution >= 0.6 is 0 Å². The van der Waals surface area contributed by atoms with Gasteiger partial charge in [-0.3, -0.25) is 4.79 Å². The lowest BCUT2D eigenvalue weighted by Crippen LogP contribution is -2.69. The number of aryl methyl sites for hydroxylation is 1. The summed E-state index contributed by atoms with van der Waals surface area (Å²) in [7, 11) is 1.49. The van der Waals surface area contributed by atoms with Gasteiger partial charge in [-0.05, 0) is 48.2 Å². The number of carbonyl (C=O) groups is 2. The lowest BCUT2D eigenvalue weighted by molar-refractivity contribution is -0.137. The Balaban J connectivity index is 2.02. The maximum atomic E-state index is 14.5. The third kappa shape index (κ3) is 3.71. The maximum Gasteiger partial charge on any atom is 0.416 e. The molecule has 4 rings (SSSR count). The molecular weight excluding hydrogens is 450 g/mol. The number of halogens is 4. The molecule has 2 saturated heterocycles. The van der Waals surface area contributed by atoms with E-state index in [1.165, 1.54) is 7.05 Å². The highest BCUT2D eigenvalue weighted by molar-refractivity contribution is 5.81. The van der Waals surface area contributed by atoms with Gasteiger partial charge >= 0.3 is 12.2 Å². The van der Waals surface area contributed by atoms with Crippen LogP contribution in [0.3, 0.4) is 0 Å². The summed E-state index contributed by atoms with van der Waals surface area (Å²) < 4.78 is 55.2. The van der Waals surface area contributed by atoms with Crippen molar-refractivity contribution < 1.29 is 27.2 Å². The van der Waals surface area contributed by atoms with E-state index in [-0.39, 0.29) is 24.4 Å². The van der Waals surface area contributed by atoms with Crippen molar-refractivity contribution in [2.75, 3.05) is 20.1 Å². The van der Waals surface area contributed by atoms with Crippen LogP contribution in [0, 0.1) is 12.7 Å². The van der Waals surface area contributed by atoms with Crippen molar-refractivity contribution in [1.82, 2.24) is 15.1 Å². The number of amides is 3. The van der Waals surface area contributed by atoms with E-state index in [0.717, 1.165) is 23.3 Å².